The topological polar surface area (TPSA) is 68.2 Å². The van der Waals surface area contributed by atoms with Gasteiger partial charge in [0.2, 0.25) is 0 Å². The second kappa shape index (κ2) is 11.9. The van der Waals surface area contributed by atoms with Gasteiger partial charge in [-0.05, 0) is 56.2 Å². The molecule has 0 bridgehead atoms. The molecule has 2 heterocycles. The molecule has 0 radical (unpaired) electrons. The lowest BCUT2D eigenvalue weighted by Gasteiger charge is -2.28. The zero-order valence-corrected chi connectivity index (χ0v) is 21.3. The van der Waals surface area contributed by atoms with Crippen LogP contribution in [0.1, 0.15) is 37.0 Å². The standard InChI is InChI=1S/C27H28F3NO5.ClH/c1-17(2)36-23-6-4-21(24(12-23)27(28,29)30)16-34-22-5-3-20-11-18(15-35-25(20)13-22)14-31-9-7-19(8-10-31)26(32)33;/h3-7,11-13,17H,8-10,14-16H2,1-2H3,(H,32,33);1H. The summed E-state index contributed by atoms with van der Waals surface area (Å²) in [4.78, 5) is 13.2. The summed E-state index contributed by atoms with van der Waals surface area (Å²) in [7, 11) is 0. The molecular weight excluding hydrogens is 511 g/mol. The SMILES string of the molecule is CC(C)Oc1ccc(COc2ccc3c(c2)OCC(CN2CC=C(C(=O)O)CC2)=C3)c(C(F)(F)F)c1.Cl. The number of rotatable bonds is 8. The Hall–Kier alpha value is -3.17. The van der Waals surface area contributed by atoms with E-state index < -0.39 is 17.7 Å². The first-order valence-electron chi connectivity index (χ1n) is 11.7. The number of alkyl halides is 3. The number of carboxylic acid groups (broad SMARTS) is 1. The van der Waals surface area contributed by atoms with Gasteiger partial charge < -0.3 is 19.3 Å². The third-order valence-corrected chi connectivity index (χ3v) is 5.91. The van der Waals surface area contributed by atoms with Crippen LogP contribution >= 0.6 is 12.4 Å². The molecule has 2 aliphatic heterocycles. The van der Waals surface area contributed by atoms with E-state index in [0.29, 0.717) is 49.7 Å². The number of halogens is 4. The van der Waals surface area contributed by atoms with Crippen LogP contribution in [0.3, 0.4) is 0 Å². The monoisotopic (exact) mass is 539 g/mol. The minimum Gasteiger partial charge on any atom is -0.491 e. The molecule has 2 aromatic rings. The maximum Gasteiger partial charge on any atom is 0.416 e. The molecule has 0 saturated carbocycles. The van der Waals surface area contributed by atoms with E-state index in [9.17, 15) is 18.0 Å². The third-order valence-electron chi connectivity index (χ3n) is 5.91. The highest BCUT2D eigenvalue weighted by molar-refractivity contribution is 5.86. The van der Waals surface area contributed by atoms with Crippen LogP contribution in [0.2, 0.25) is 0 Å². The molecule has 4 rings (SSSR count). The first-order chi connectivity index (χ1) is 17.1. The van der Waals surface area contributed by atoms with E-state index in [-0.39, 0.29) is 36.4 Å². The summed E-state index contributed by atoms with van der Waals surface area (Å²) in [5.74, 6) is 0.297. The van der Waals surface area contributed by atoms with E-state index in [1.54, 1.807) is 32.1 Å². The number of hydrogen-bond acceptors (Lipinski definition) is 5. The largest absolute Gasteiger partial charge is 0.491 e. The Morgan fingerprint density at radius 2 is 1.92 bits per heavy atom. The fourth-order valence-electron chi connectivity index (χ4n) is 4.16. The minimum absolute atomic E-state index is 0. The van der Waals surface area contributed by atoms with Crippen LogP contribution in [0.4, 0.5) is 13.2 Å². The summed E-state index contributed by atoms with van der Waals surface area (Å²) in [5.41, 5.74) is 1.59. The number of aliphatic carboxylic acids is 1. The summed E-state index contributed by atoms with van der Waals surface area (Å²) in [6.45, 7) is 5.53. The summed E-state index contributed by atoms with van der Waals surface area (Å²) >= 11 is 0. The van der Waals surface area contributed by atoms with Gasteiger partial charge in [0.1, 0.15) is 30.5 Å². The first kappa shape index (κ1) is 28.4. The smallest absolute Gasteiger partial charge is 0.416 e. The predicted molar refractivity (Wildman–Crippen MR) is 135 cm³/mol. The van der Waals surface area contributed by atoms with Crippen LogP contribution < -0.4 is 14.2 Å². The van der Waals surface area contributed by atoms with Gasteiger partial charge in [0.25, 0.3) is 0 Å². The Morgan fingerprint density at radius 3 is 2.57 bits per heavy atom. The lowest BCUT2D eigenvalue weighted by molar-refractivity contribution is -0.138. The van der Waals surface area contributed by atoms with E-state index in [0.717, 1.165) is 17.2 Å². The van der Waals surface area contributed by atoms with Gasteiger partial charge in [-0.3, -0.25) is 4.90 Å². The molecule has 0 atom stereocenters. The van der Waals surface area contributed by atoms with E-state index in [4.69, 9.17) is 19.3 Å². The summed E-state index contributed by atoms with van der Waals surface area (Å²) in [6.07, 6.45) is -0.504. The predicted octanol–water partition coefficient (Wildman–Crippen LogP) is 5.99. The van der Waals surface area contributed by atoms with E-state index in [1.807, 2.05) is 12.1 Å². The number of carboxylic acids is 1. The maximum absolute atomic E-state index is 13.6. The Bertz CT molecular complexity index is 1190. The highest BCUT2D eigenvalue weighted by Crippen LogP contribution is 2.36. The summed E-state index contributed by atoms with van der Waals surface area (Å²) < 4.78 is 57.8. The molecule has 0 amide bonds. The molecule has 0 aromatic heterocycles. The number of carbonyl (C=O) groups is 1. The van der Waals surface area contributed by atoms with Crippen LogP contribution in [0, 0.1) is 0 Å². The molecule has 0 spiro atoms. The van der Waals surface area contributed by atoms with E-state index in [2.05, 4.69) is 4.90 Å². The van der Waals surface area contributed by atoms with Gasteiger partial charge in [0.15, 0.2) is 0 Å². The van der Waals surface area contributed by atoms with Crippen molar-refractivity contribution in [2.24, 2.45) is 0 Å². The zero-order valence-electron chi connectivity index (χ0n) is 20.5. The average molecular weight is 540 g/mol. The Morgan fingerprint density at radius 1 is 1.16 bits per heavy atom. The Labute approximate surface area is 219 Å². The van der Waals surface area contributed by atoms with Crippen molar-refractivity contribution in [3.63, 3.8) is 0 Å². The van der Waals surface area contributed by atoms with Crippen molar-refractivity contribution >= 4 is 24.5 Å². The number of ether oxygens (including phenoxy) is 3. The average Bonchev–Trinajstić information content (AvgIpc) is 2.82. The molecule has 0 unspecified atom stereocenters. The van der Waals surface area contributed by atoms with Crippen molar-refractivity contribution in [2.45, 2.75) is 39.2 Å². The van der Waals surface area contributed by atoms with Gasteiger partial charge in [-0.2, -0.15) is 13.2 Å². The fourth-order valence-corrected chi connectivity index (χ4v) is 4.16. The molecule has 0 aliphatic carbocycles. The van der Waals surface area contributed by atoms with Crippen LogP contribution in [0.25, 0.3) is 6.08 Å². The molecule has 0 saturated heterocycles. The van der Waals surface area contributed by atoms with Crippen molar-refractivity contribution in [3.8, 4) is 17.2 Å². The normalized spacial score (nSPS) is 15.6. The van der Waals surface area contributed by atoms with Gasteiger partial charge in [-0.25, -0.2) is 4.79 Å². The molecule has 0 fully saturated rings. The Kier molecular flexibility index (Phi) is 9.15. The number of fused-ring (bicyclic) bond motifs is 1. The van der Waals surface area contributed by atoms with Gasteiger partial charge in [-0.1, -0.05) is 12.1 Å². The number of benzene rings is 2. The lowest BCUT2D eigenvalue weighted by Crippen LogP contribution is -2.33. The van der Waals surface area contributed by atoms with Crippen molar-refractivity contribution in [1.82, 2.24) is 4.90 Å². The molecule has 10 heteroatoms. The number of nitrogens with zero attached hydrogens (tertiary/aromatic N) is 1. The molecule has 2 aliphatic rings. The van der Waals surface area contributed by atoms with Crippen LogP contribution in [0.15, 0.2) is 53.6 Å². The molecular formula is C27H29ClF3NO5. The first-order valence-corrected chi connectivity index (χ1v) is 11.7. The summed E-state index contributed by atoms with van der Waals surface area (Å²) in [6, 6.07) is 9.08. The number of hydrogen-bond donors (Lipinski definition) is 1. The minimum atomic E-state index is -4.53. The lowest BCUT2D eigenvalue weighted by atomic mass is 10.0. The van der Waals surface area contributed by atoms with E-state index >= 15 is 0 Å². The van der Waals surface area contributed by atoms with Crippen molar-refractivity contribution in [2.75, 3.05) is 26.2 Å². The molecule has 37 heavy (non-hydrogen) atoms. The molecule has 2 aromatic carbocycles. The molecule has 200 valence electrons. The second-order valence-corrected chi connectivity index (χ2v) is 9.08. The highest BCUT2D eigenvalue weighted by Gasteiger charge is 2.34. The fraction of sp³-hybridized carbons (Fsp3) is 0.370. The van der Waals surface area contributed by atoms with Crippen LogP contribution in [-0.2, 0) is 17.6 Å². The van der Waals surface area contributed by atoms with Gasteiger partial charge in [0.05, 0.1) is 11.7 Å². The third kappa shape index (κ3) is 7.42. The maximum atomic E-state index is 13.6. The van der Waals surface area contributed by atoms with Crippen LogP contribution in [0.5, 0.6) is 17.2 Å². The quantitative estimate of drug-likeness (QED) is 0.445. The van der Waals surface area contributed by atoms with Crippen LogP contribution in [-0.4, -0.2) is 48.3 Å². The molecule has 6 nitrogen and oxygen atoms in total. The molecule has 1 N–H and O–H groups in total. The van der Waals surface area contributed by atoms with Crippen molar-refractivity contribution in [1.29, 1.82) is 0 Å². The van der Waals surface area contributed by atoms with Gasteiger partial charge >= 0.3 is 12.1 Å². The Balaban J connectivity index is 0.00000380. The second-order valence-electron chi connectivity index (χ2n) is 9.08. The zero-order chi connectivity index (χ0) is 25.9. The van der Waals surface area contributed by atoms with E-state index in [1.165, 1.54) is 12.1 Å². The van der Waals surface area contributed by atoms with Gasteiger partial charge in [0, 0.05) is 42.4 Å². The highest BCUT2D eigenvalue weighted by atomic mass is 35.5. The van der Waals surface area contributed by atoms with Crippen molar-refractivity contribution < 1.29 is 37.3 Å². The van der Waals surface area contributed by atoms with Gasteiger partial charge in [-0.15, -0.1) is 12.4 Å². The van der Waals surface area contributed by atoms with Crippen molar-refractivity contribution in [3.05, 3.63) is 70.3 Å². The summed E-state index contributed by atoms with van der Waals surface area (Å²) in [5, 5.41) is 9.09.